The largest absolute Gasteiger partial charge is 0.256 e. The fourth-order valence-electron chi connectivity index (χ4n) is 3.73. The predicted octanol–water partition coefficient (Wildman–Crippen LogP) is 3.35. The number of benzene rings is 2. The monoisotopic (exact) mass is 419 g/mol. The van der Waals surface area contributed by atoms with Gasteiger partial charge in [0.1, 0.15) is 31.4 Å². The molecule has 0 saturated heterocycles. The van der Waals surface area contributed by atoms with E-state index in [4.69, 9.17) is 4.98 Å². The summed E-state index contributed by atoms with van der Waals surface area (Å²) < 4.78 is 0. The molecule has 3 rings (SSSR count). The van der Waals surface area contributed by atoms with Gasteiger partial charge in [-0.15, -0.1) is 0 Å². The first kappa shape index (κ1) is 24.5. The summed E-state index contributed by atoms with van der Waals surface area (Å²) in [5, 5.41) is 0.0618. The van der Waals surface area contributed by atoms with Crippen molar-refractivity contribution < 1.29 is 0 Å². The second kappa shape index (κ2) is 8.32. The maximum Gasteiger partial charge on any atom is 0.105 e. The van der Waals surface area contributed by atoms with Crippen LogP contribution in [0.4, 0.5) is 0 Å². The molecule has 0 aliphatic rings. The van der Waals surface area contributed by atoms with E-state index >= 15 is 0 Å². The van der Waals surface area contributed by atoms with Crippen molar-refractivity contribution in [1.82, 2.24) is 4.98 Å². The molecule has 2 aromatic carbocycles. The molecule has 1 nitrogen and oxygen atoms in total. The third kappa shape index (κ3) is 4.63. The molecule has 0 aliphatic carbocycles. The van der Waals surface area contributed by atoms with Gasteiger partial charge in [0.25, 0.3) is 0 Å². The van der Waals surface area contributed by atoms with E-state index in [0.717, 1.165) is 11.3 Å². The Morgan fingerprint density at radius 3 is 1.47 bits per heavy atom. The molecule has 0 fully saturated rings. The van der Waals surface area contributed by atoms with E-state index in [1.54, 1.807) is 0 Å². The number of nitrogens with zero attached hydrogens (tertiary/aromatic N) is 1. The Morgan fingerprint density at radius 1 is 0.562 bits per heavy atom. The SMILES string of the molecule is BC(B)(c1cc(-c2ccc(-c3ccccc3)nc2)cc(C(B)(B)C(C)(C)C)c1)C(C)(C)C. The van der Waals surface area contributed by atoms with Crippen molar-refractivity contribution in [3.8, 4) is 22.4 Å². The van der Waals surface area contributed by atoms with Crippen LogP contribution in [0.1, 0.15) is 52.7 Å². The summed E-state index contributed by atoms with van der Waals surface area (Å²) in [4.78, 5) is 4.81. The van der Waals surface area contributed by atoms with Gasteiger partial charge in [-0.05, 0) is 22.5 Å². The van der Waals surface area contributed by atoms with Gasteiger partial charge in [-0.3, -0.25) is 4.98 Å². The lowest BCUT2D eigenvalue weighted by Crippen LogP contribution is -2.43. The summed E-state index contributed by atoms with van der Waals surface area (Å²) in [6, 6.07) is 21.9. The first-order valence-electron chi connectivity index (χ1n) is 11.8. The zero-order chi connectivity index (χ0) is 23.9. The van der Waals surface area contributed by atoms with E-state index in [9.17, 15) is 0 Å². The normalized spacial score (nSPS) is 13.2. The molecule has 5 heteroatoms. The van der Waals surface area contributed by atoms with Crippen LogP contribution in [0.25, 0.3) is 22.4 Å². The average Bonchev–Trinajstić information content (AvgIpc) is 2.72. The van der Waals surface area contributed by atoms with Crippen molar-refractivity contribution in [3.05, 3.63) is 78.0 Å². The number of hydrogen-bond acceptors (Lipinski definition) is 1. The number of aromatic nitrogens is 1. The number of hydrogen-bond donors (Lipinski definition) is 0. The molecule has 1 aromatic heterocycles. The van der Waals surface area contributed by atoms with Gasteiger partial charge >= 0.3 is 0 Å². The van der Waals surface area contributed by atoms with Crippen molar-refractivity contribution >= 4 is 31.4 Å². The van der Waals surface area contributed by atoms with E-state index in [2.05, 4.69) is 128 Å². The lowest BCUT2D eigenvalue weighted by atomic mass is 9.38. The van der Waals surface area contributed by atoms with Gasteiger partial charge in [-0.2, -0.15) is 0 Å². The topological polar surface area (TPSA) is 12.9 Å². The van der Waals surface area contributed by atoms with Crippen molar-refractivity contribution in [3.63, 3.8) is 0 Å². The number of rotatable bonds is 4. The molecule has 162 valence electrons. The third-order valence-corrected chi connectivity index (χ3v) is 8.29. The maximum absolute atomic E-state index is 4.81. The molecular weight excluding hydrogens is 382 g/mol. The fourth-order valence-corrected chi connectivity index (χ4v) is 3.73. The van der Waals surface area contributed by atoms with Gasteiger partial charge in [0, 0.05) is 17.3 Å². The second-order valence-electron chi connectivity index (χ2n) is 12.3. The van der Waals surface area contributed by atoms with Crippen LogP contribution >= 0.6 is 0 Å². The Hall–Kier alpha value is -2.15. The van der Waals surface area contributed by atoms with Crippen LogP contribution in [0, 0.1) is 10.8 Å². The third-order valence-electron chi connectivity index (χ3n) is 8.29. The minimum absolute atomic E-state index is 0.0309. The van der Waals surface area contributed by atoms with Gasteiger partial charge in [-0.25, -0.2) is 0 Å². The molecule has 1 heterocycles. The van der Waals surface area contributed by atoms with Crippen molar-refractivity contribution in [2.75, 3.05) is 0 Å². The van der Waals surface area contributed by atoms with Crippen molar-refractivity contribution in [1.29, 1.82) is 0 Å². The van der Waals surface area contributed by atoms with Crippen molar-refractivity contribution in [2.45, 2.75) is 52.0 Å². The van der Waals surface area contributed by atoms with Crippen LogP contribution < -0.4 is 0 Å². The smallest absolute Gasteiger partial charge is 0.105 e. The molecule has 0 aliphatic heterocycles. The summed E-state index contributed by atoms with van der Waals surface area (Å²) in [5.41, 5.74) is 7.64. The van der Waals surface area contributed by atoms with Crippen LogP contribution in [0.2, 0.25) is 0 Å². The number of pyridine rings is 1. The van der Waals surface area contributed by atoms with E-state index in [1.807, 2.05) is 12.3 Å². The molecule has 0 radical (unpaired) electrons. The molecule has 0 saturated carbocycles. The molecule has 0 spiro atoms. The minimum atomic E-state index is 0.0309. The molecule has 0 bridgehead atoms. The van der Waals surface area contributed by atoms with E-state index in [1.165, 1.54) is 22.3 Å². The first-order chi connectivity index (χ1) is 14.6. The van der Waals surface area contributed by atoms with E-state index < -0.39 is 0 Å². The quantitative estimate of drug-likeness (QED) is 0.592. The van der Waals surface area contributed by atoms with Gasteiger partial charge in [0.05, 0.1) is 5.69 Å². The standard InChI is InChI=1S/C27H37B4N/c1-24(2,3)26(28,29)21-14-20(15-22(16-21)27(30,31)25(4,5)6)19-12-13-23(32-17-19)18-10-8-7-9-11-18/h7-17H,28-31H2,1-6H3. The summed E-state index contributed by atoms with van der Waals surface area (Å²) in [6.07, 6.45) is 2.03. The molecule has 0 N–H and O–H groups in total. The highest BCUT2D eigenvalue weighted by Crippen LogP contribution is 2.42. The molecule has 0 atom stereocenters. The zero-order valence-corrected chi connectivity index (χ0v) is 21.8. The van der Waals surface area contributed by atoms with E-state index in [-0.39, 0.29) is 21.3 Å². The molecule has 32 heavy (non-hydrogen) atoms. The Bertz CT molecular complexity index is 1030. The first-order valence-corrected chi connectivity index (χ1v) is 11.8. The van der Waals surface area contributed by atoms with Gasteiger partial charge < -0.3 is 0 Å². The van der Waals surface area contributed by atoms with Crippen LogP contribution in [-0.4, -0.2) is 36.4 Å². The Kier molecular flexibility index (Phi) is 6.37. The zero-order valence-electron chi connectivity index (χ0n) is 21.8. The van der Waals surface area contributed by atoms with Crippen molar-refractivity contribution in [2.24, 2.45) is 10.8 Å². The Balaban J connectivity index is 2.17. The highest BCUT2D eigenvalue weighted by atomic mass is 14.7. The Morgan fingerprint density at radius 2 is 1.06 bits per heavy atom. The molecule has 0 unspecified atom stereocenters. The Labute approximate surface area is 199 Å². The highest BCUT2D eigenvalue weighted by molar-refractivity contribution is 6.41. The minimum Gasteiger partial charge on any atom is -0.256 e. The summed E-state index contributed by atoms with van der Waals surface area (Å²) in [6.45, 7) is 14.0. The molecule has 0 amide bonds. The van der Waals surface area contributed by atoms with Gasteiger partial charge in [0.2, 0.25) is 0 Å². The summed E-state index contributed by atoms with van der Waals surface area (Å²) in [7, 11) is 9.49. The molecular formula is C27H37B4N. The van der Waals surface area contributed by atoms with Gasteiger partial charge in [0.15, 0.2) is 0 Å². The van der Waals surface area contributed by atoms with Crippen LogP contribution in [0.5, 0.6) is 0 Å². The maximum atomic E-state index is 4.81. The summed E-state index contributed by atoms with van der Waals surface area (Å²) in [5.74, 6) is 0. The lowest BCUT2D eigenvalue weighted by molar-refractivity contribution is 0.351. The molecule has 3 aromatic rings. The predicted molar refractivity (Wildman–Crippen MR) is 152 cm³/mol. The average molecular weight is 419 g/mol. The fraction of sp³-hybridized carbons (Fsp3) is 0.370. The van der Waals surface area contributed by atoms with E-state index in [0.29, 0.717) is 0 Å². The lowest BCUT2D eigenvalue weighted by Gasteiger charge is -2.43. The van der Waals surface area contributed by atoms with Gasteiger partial charge in [-0.1, -0.05) is 118 Å². The highest BCUT2D eigenvalue weighted by Gasteiger charge is 2.38. The van der Waals surface area contributed by atoms with Crippen LogP contribution in [0.3, 0.4) is 0 Å². The summed E-state index contributed by atoms with van der Waals surface area (Å²) >= 11 is 0. The second-order valence-corrected chi connectivity index (χ2v) is 12.3. The van der Waals surface area contributed by atoms with Crippen LogP contribution in [-0.2, 0) is 10.4 Å². The van der Waals surface area contributed by atoms with Crippen LogP contribution in [0.15, 0.2) is 66.9 Å².